The van der Waals surface area contributed by atoms with E-state index in [0.717, 1.165) is 0 Å². The van der Waals surface area contributed by atoms with E-state index in [2.05, 4.69) is 5.73 Å². The van der Waals surface area contributed by atoms with Crippen molar-refractivity contribution in [2.45, 2.75) is 95.3 Å². The van der Waals surface area contributed by atoms with Crippen LogP contribution in [0, 0.1) is 0 Å². The largest absolute Gasteiger partial charge is 0.460 e. The van der Waals surface area contributed by atoms with Gasteiger partial charge in [0.05, 0.1) is 0 Å². The van der Waals surface area contributed by atoms with Gasteiger partial charge in [0.1, 0.15) is 0 Å². The number of alkyl halides is 34. The summed E-state index contributed by atoms with van der Waals surface area (Å²) in [5.74, 6) is -125. The molecule has 0 saturated carbocycles. The van der Waals surface area contributed by atoms with Gasteiger partial charge in [0.15, 0.2) is 0 Å². The fraction of sp³-hybridized carbons (Fsp3) is 0.727. The number of hydrogen-bond acceptors (Lipinski definition) is 1. The summed E-state index contributed by atoms with van der Waals surface area (Å²) in [7, 11) is 0. The molecule has 35 heteroatoms. The minimum absolute atomic E-state index is 1.44. The molecule has 0 aliphatic rings. The predicted molar refractivity (Wildman–Crippen MR) is 110 cm³/mol. The van der Waals surface area contributed by atoms with Gasteiger partial charge in [-0.1, -0.05) is 0 Å². The van der Waals surface area contributed by atoms with Crippen molar-refractivity contribution in [3.05, 3.63) is 29.3 Å². The summed E-state index contributed by atoms with van der Waals surface area (Å²) in [5.41, 5.74) is -6.31. The Bertz CT molecular complexity index is 1520. The third kappa shape index (κ3) is 6.28. The summed E-state index contributed by atoms with van der Waals surface area (Å²) in [6, 6.07) is -5.15. The van der Waals surface area contributed by atoms with E-state index < -0.39 is 130 Å². The Morgan fingerprint density at radius 3 is 0.561 bits per heavy atom. The molecule has 0 heterocycles. The molecule has 0 saturated heterocycles. The zero-order valence-electron chi connectivity index (χ0n) is 24.7. The van der Waals surface area contributed by atoms with E-state index in [-0.39, 0.29) is 0 Å². The van der Waals surface area contributed by atoms with Crippen molar-refractivity contribution in [2.24, 2.45) is 0 Å². The van der Waals surface area contributed by atoms with Crippen molar-refractivity contribution in [1.82, 2.24) is 0 Å². The summed E-state index contributed by atoms with van der Waals surface area (Å²) < 4.78 is 460. The van der Waals surface area contributed by atoms with E-state index >= 15 is 0 Å². The van der Waals surface area contributed by atoms with Crippen LogP contribution in [0.15, 0.2) is 18.2 Å². The Labute approximate surface area is 286 Å². The van der Waals surface area contributed by atoms with Crippen LogP contribution in [0.25, 0.3) is 0 Å². The lowest BCUT2D eigenvalue weighted by molar-refractivity contribution is -0.463. The Morgan fingerprint density at radius 1 is 0.228 bits per heavy atom. The van der Waals surface area contributed by atoms with Gasteiger partial charge < -0.3 is 5.73 Å². The molecule has 57 heavy (non-hydrogen) atoms. The Morgan fingerprint density at radius 2 is 0.386 bits per heavy atom. The second-order valence-corrected chi connectivity index (χ2v) is 10.9. The molecule has 336 valence electrons. The number of benzene rings is 1. The minimum atomic E-state index is -9.38. The maximum Gasteiger partial charge on any atom is 0.460 e. The van der Waals surface area contributed by atoms with Crippen molar-refractivity contribution in [3.63, 3.8) is 0 Å². The molecular weight excluding hydrogens is 924 g/mol. The molecule has 0 radical (unpaired) electrons. The fourth-order valence-corrected chi connectivity index (χ4v) is 3.70. The van der Waals surface area contributed by atoms with Crippen molar-refractivity contribution in [2.75, 3.05) is 5.73 Å². The van der Waals surface area contributed by atoms with Crippen LogP contribution >= 0.6 is 0 Å². The summed E-state index contributed by atoms with van der Waals surface area (Å²) in [6.45, 7) is 0. The van der Waals surface area contributed by atoms with Crippen molar-refractivity contribution in [1.29, 1.82) is 0 Å². The molecule has 0 aliphatic heterocycles. The normalized spacial score (nSPS) is 16.7. The van der Waals surface area contributed by atoms with Crippen LogP contribution < -0.4 is 5.73 Å². The topological polar surface area (TPSA) is 26.0 Å². The van der Waals surface area contributed by atoms with Gasteiger partial charge >= 0.3 is 95.3 Å². The van der Waals surface area contributed by atoms with Crippen LogP contribution in [-0.2, 0) is 11.8 Å². The molecule has 2 N–H and O–H groups in total. The van der Waals surface area contributed by atoms with Gasteiger partial charge in [-0.15, -0.1) is 0 Å². The Kier molecular flexibility index (Phi) is 11.6. The zero-order chi connectivity index (χ0) is 46.9. The molecule has 0 atom stereocenters. The van der Waals surface area contributed by atoms with Gasteiger partial charge in [-0.25, -0.2) is 0 Å². The minimum Gasteiger partial charge on any atom is -0.399 e. The maximum atomic E-state index is 14.6. The SMILES string of the molecule is Nc1cc(C(F)(F)C(F)(F)C(F)(F)C(F)(F)C(F)(F)C(F)(F)C(F)(F)C(F)(F)F)cc(C(F)(F)C(F)(F)C(F)(F)C(F)(F)C(F)(F)C(F)(F)C(F)(F)C(F)(F)F)c1. The first-order valence-corrected chi connectivity index (χ1v) is 12.4. The van der Waals surface area contributed by atoms with Gasteiger partial charge in [-0.2, -0.15) is 149 Å². The first-order valence-electron chi connectivity index (χ1n) is 12.4. The summed E-state index contributed by atoms with van der Waals surface area (Å²) in [4.78, 5) is 0. The molecule has 0 bridgehead atoms. The average Bonchev–Trinajstić information content (AvgIpc) is 2.98. The van der Waals surface area contributed by atoms with Gasteiger partial charge in [0.2, 0.25) is 0 Å². The van der Waals surface area contributed by atoms with Gasteiger partial charge in [-0.3, -0.25) is 0 Å². The molecule has 0 spiro atoms. The van der Waals surface area contributed by atoms with Crippen molar-refractivity contribution in [3.8, 4) is 0 Å². The van der Waals surface area contributed by atoms with Gasteiger partial charge in [-0.05, 0) is 18.2 Å². The highest BCUT2D eigenvalue weighted by atomic mass is 19.4. The zero-order valence-corrected chi connectivity index (χ0v) is 24.7. The highest BCUT2D eigenvalue weighted by molar-refractivity contribution is 5.49. The average molecular weight is 929 g/mol. The molecule has 0 aliphatic carbocycles. The number of anilines is 1. The Balaban J connectivity index is 4.10. The predicted octanol–water partition coefficient (Wildman–Crippen LogP) is 12.2. The van der Waals surface area contributed by atoms with E-state index in [4.69, 9.17) is 0 Å². The third-order valence-corrected chi connectivity index (χ3v) is 7.12. The van der Waals surface area contributed by atoms with Crippen molar-refractivity contribution >= 4 is 5.69 Å². The van der Waals surface area contributed by atoms with Crippen LogP contribution in [0.2, 0.25) is 0 Å². The summed E-state index contributed by atoms with van der Waals surface area (Å²) >= 11 is 0. The lowest BCUT2D eigenvalue weighted by atomic mass is 9.85. The summed E-state index contributed by atoms with van der Waals surface area (Å²) in [6.07, 6.45) is -16.4. The smallest absolute Gasteiger partial charge is 0.399 e. The second-order valence-electron chi connectivity index (χ2n) is 10.9. The standard InChI is InChI=1S/C22H5F34N/c23-7(24,9(27,28)11(31,32)13(35,36)15(39,40)17(43,44)19(47,48)21(51,52)53)4-1-5(3-6(57)2-4)8(25,26)10(29,30)12(33,34)14(37,38)16(41,42)18(45,46)20(49,50)22(54,55)56/h1-3H,57H2. The van der Waals surface area contributed by atoms with E-state index in [1.165, 1.54) is 0 Å². The number of halogens is 34. The van der Waals surface area contributed by atoms with Gasteiger partial charge in [0, 0.05) is 16.8 Å². The number of hydrogen-bond donors (Lipinski definition) is 1. The van der Waals surface area contributed by atoms with Crippen molar-refractivity contribution < 1.29 is 149 Å². The maximum absolute atomic E-state index is 14.6. The number of nitrogens with two attached hydrogens (primary N) is 1. The highest BCUT2D eigenvalue weighted by Gasteiger charge is 2.97. The van der Waals surface area contributed by atoms with Crippen LogP contribution in [-0.4, -0.2) is 83.4 Å². The van der Waals surface area contributed by atoms with Crippen LogP contribution in [0.1, 0.15) is 11.1 Å². The second kappa shape index (κ2) is 12.8. The van der Waals surface area contributed by atoms with E-state index in [1.54, 1.807) is 0 Å². The first kappa shape index (κ1) is 51.7. The molecule has 0 fully saturated rings. The molecular formula is C22H5F34N. The highest BCUT2D eigenvalue weighted by Crippen LogP contribution is 2.67. The monoisotopic (exact) mass is 929 g/mol. The quantitative estimate of drug-likeness (QED) is 0.146. The summed E-state index contributed by atoms with van der Waals surface area (Å²) in [5, 5.41) is 0. The molecule has 1 aromatic rings. The fourth-order valence-electron chi connectivity index (χ4n) is 3.70. The Hall–Kier alpha value is -3.36. The number of rotatable bonds is 14. The molecule has 1 nitrogen and oxygen atoms in total. The van der Waals surface area contributed by atoms with E-state index in [1.807, 2.05) is 0 Å². The molecule has 1 aromatic carbocycles. The van der Waals surface area contributed by atoms with E-state index in [9.17, 15) is 149 Å². The van der Waals surface area contributed by atoms with E-state index in [0.29, 0.717) is 0 Å². The van der Waals surface area contributed by atoms with Crippen LogP contribution in [0.3, 0.4) is 0 Å². The lowest BCUT2D eigenvalue weighted by Gasteiger charge is -2.43. The lowest BCUT2D eigenvalue weighted by Crippen LogP contribution is -2.74. The molecule has 0 unspecified atom stereocenters. The molecule has 0 aromatic heterocycles. The first-order chi connectivity index (χ1) is 24.1. The molecule has 1 rings (SSSR count). The van der Waals surface area contributed by atoms with Crippen LogP contribution in [0.5, 0.6) is 0 Å². The third-order valence-electron chi connectivity index (χ3n) is 7.12. The van der Waals surface area contributed by atoms with Gasteiger partial charge in [0.25, 0.3) is 0 Å². The number of nitrogen functional groups attached to an aromatic ring is 1. The molecule has 0 amide bonds. The van der Waals surface area contributed by atoms with Crippen LogP contribution in [0.4, 0.5) is 155 Å².